The normalized spacial score (nSPS) is 14.7. The predicted molar refractivity (Wildman–Crippen MR) is 148 cm³/mol. The van der Waals surface area contributed by atoms with Crippen LogP contribution in [-0.4, -0.2) is 71.3 Å². The van der Waals surface area contributed by atoms with Crippen molar-refractivity contribution in [3.8, 4) is 0 Å². The van der Waals surface area contributed by atoms with Gasteiger partial charge in [0.25, 0.3) is 7.82 Å². The Morgan fingerprint density at radius 1 is 0.639 bits per heavy atom. The van der Waals surface area contributed by atoms with Crippen molar-refractivity contribution >= 4 is 7.82 Å². The molecule has 0 N–H and O–H groups in total. The number of unbranched alkanes of at least 4 members (excludes halogenated alkanes) is 14. The van der Waals surface area contributed by atoms with E-state index in [-0.39, 0.29) is 13.2 Å². The molecule has 36 heavy (non-hydrogen) atoms. The number of hydrogen-bond acceptors (Lipinski definition) is 6. The first-order valence-electron chi connectivity index (χ1n) is 14.8. The van der Waals surface area contributed by atoms with E-state index in [1.807, 2.05) is 21.1 Å². The summed E-state index contributed by atoms with van der Waals surface area (Å²) in [5, 5.41) is 0. The first kappa shape index (κ1) is 36.0. The molecule has 0 spiro atoms. The molecule has 0 saturated carbocycles. The highest BCUT2D eigenvalue weighted by Gasteiger charge is 2.17. The van der Waals surface area contributed by atoms with Gasteiger partial charge in [-0.3, -0.25) is 4.57 Å². The van der Waals surface area contributed by atoms with Gasteiger partial charge in [0.1, 0.15) is 19.3 Å². The maximum absolute atomic E-state index is 12.2. The molecule has 8 heteroatoms. The highest BCUT2D eigenvalue weighted by Crippen LogP contribution is 2.38. The first-order chi connectivity index (χ1) is 17.2. The van der Waals surface area contributed by atoms with E-state index in [4.69, 9.17) is 18.5 Å². The Hall–Kier alpha value is -0.0100. The van der Waals surface area contributed by atoms with Crippen molar-refractivity contribution in [3.05, 3.63) is 0 Å². The summed E-state index contributed by atoms with van der Waals surface area (Å²) in [5.41, 5.74) is 0. The van der Waals surface area contributed by atoms with Gasteiger partial charge in [-0.15, -0.1) is 0 Å². The van der Waals surface area contributed by atoms with Crippen LogP contribution in [0.25, 0.3) is 0 Å². The van der Waals surface area contributed by atoms with Gasteiger partial charge < -0.3 is 27.9 Å². The Labute approximate surface area is 223 Å². The Kier molecular flexibility index (Phi) is 24.1. The molecule has 2 unspecified atom stereocenters. The molecule has 218 valence electrons. The van der Waals surface area contributed by atoms with E-state index in [2.05, 4.69) is 13.8 Å². The predicted octanol–water partition coefficient (Wildman–Crippen LogP) is 6.88. The minimum absolute atomic E-state index is 0.0698. The van der Waals surface area contributed by atoms with Crippen molar-refractivity contribution in [2.24, 2.45) is 0 Å². The molecule has 7 nitrogen and oxygen atoms in total. The minimum atomic E-state index is -4.36. The topological polar surface area (TPSA) is 77.1 Å². The number of rotatable bonds is 28. The Bertz CT molecular complexity index is 515. The number of nitrogens with zero attached hydrogens (tertiary/aromatic N) is 1. The van der Waals surface area contributed by atoms with Crippen LogP contribution in [-0.2, 0) is 23.1 Å². The monoisotopic (exact) mass is 537 g/mol. The summed E-state index contributed by atoms with van der Waals surface area (Å²) in [5.74, 6) is 0. The summed E-state index contributed by atoms with van der Waals surface area (Å²) in [4.78, 5) is 12.2. The van der Waals surface area contributed by atoms with Gasteiger partial charge in [-0.1, -0.05) is 104 Å². The molecule has 0 aliphatic heterocycles. The first-order valence-corrected chi connectivity index (χ1v) is 16.3. The molecule has 0 saturated heterocycles. The van der Waals surface area contributed by atoms with E-state index >= 15 is 0 Å². The lowest BCUT2D eigenvalue weighted by molar-refractivity contribution is -0.870. The second-order valence-corrected chi connectivity index (χ2v) is 12.5. The smallest absolute Gasteiger partial charge is 0.268 e. The SMILES string of the molecule is CCCCCCCCCCOCC(COP(=O)([O-])OCC[N+](C)(C)C)OCCCCCCCCCC. The van der Waals surface area contributed by atoms with Gasteiger partial charge in [-0.2, -0.15) is 0 Å². The van der Waals surface area contributed by atoms with Crippen molar-refractivity contribution in [1.82, 2.24) is 0 Å². The van der Waals surface area contributed by atoms with Gasteiger partial charge in [-0.05, 0) is 12.8 Å². The summed E-state index contributed by atoms with van der Waals surface area (Å²) >= 11 is 0. The number of quaternary nitrogens is 1. The average molecular weight is 538 g/mol. The van der Waals surface area contributed by atoms with Crippen molar-refractivity contribution in [2.45, 2.75) is 123 Å². The van der Waals surface area contributed by atoms with E-state index < -0.39 is 13.9 Å². The second kappa shape index (κ2) is 24.1. The van der Waals surface area contributed by atoms with Gasteiger partial charge in [0.05, 0.1) is 34.4 Å². The summed E-state index contributed by atoms with van der Waals surface area (Å²) in [6, 6.07) is 0. The van der Waals surface area contributed by atoms with Gasteiger partial charge >= 0.3 is 0 Å². The molecule has 0 bridgehead atoms. The van der Waals surface area contributed by atoms with E-state index in [1.165, 1.54) is 83.5 Å². The van der Waals surface area contributed by atoms with E-state index in [0.717, 1.165) is 19.3 Å². The zero-order valence-electron chi connectivity index (χ0n) is 24.5. The molecule has 0 radical (unpaired) electrons. The van der Waals surface area contributed by atoms with Gasteiger partial charge in [0.2, 0.25) is 0 Å². The molecule has 0 aliphatic carbocycles. The van der Waals surface area contributed by atoms with E-state index in [9.17, 15) is 9.46 Å². The van der Waals surface area contributed by atoms with Gasteiger partial charge in [0, 0.05) is 13.2 Å². The molecular formula is C28H60NO6P. The number of phosphoric ester groups is 1. The van der Waals surface area contributed by atoms with Crippen molar-refractivity contribution in [2.75, 3.05) is 60.7 Å². The molecule has 0 amide bonds. The van der Waals surface area contributed by atoms with Crippen molar-refractivity contribution in [1.29, 1.82) is 0 Å². The zero-order chi connectivity index (χ0) is 27.0. The fourth-order valence-electron chi connectivity index (χ4n) is 3.82. The molecular weight excluding hydrogens is 477 g/mol. The van der Waals surface area contributed by atoms with Crippen LogP contribution in [0.2, 0.25) is 0 Å². The van der Waals surface area contributed by atoms with Crippen LogP contribution in [0.4, 0.5) is 0 Å². The van der Waals surface area contributed by atoms with Crippen LogP contribution in [0.15, 0.2) is 0 Å². The molecule has 0 rings (SSSR count). The standard InChI is InChI=1S/C28H60NO6P/c1-6-8-10-12-14-16-18-20-23-32-26-28(33-24-21-19-17-15-13-11-9-7-2)27-35-36(30,31)34-25-22-29(3,4)5/h28H,6-27H2,1-5H3. The summed E-state index contributed by atoms with van der Waals surface area (Å²) in [6.45, 7) is 6.69. The lowest BCUT2D eigenvalue weighted by Gasteiger charge is -2.28. The van der Waals surface area contributed by atoms with Gasteiger partial charge in [-0.25, -0.2) is 0 Å². The fourth-order valence-corrected chi connectivity index (χ4v) is 4.55. The Balaban J connectivity index is 4.22. The van der Waals surface area contributed by atoms with Crippen LogP contribution in [0.1, 0.15) is 117 Å². The minimum Gasteiger partial charge on any atom is -0.756 e. The molecule has 0 aromatic heterocycles. The van der Waals surface area contributed by atoms with Crippen LogP contribution >= 0.6 is 7.82 Å². The number of phosphoric acid groups is 1. The second-order valence-electron chi connectivity index (χ2n) is 11.1. The number of ether oxygens (including phenoxy) is 2. The van der Waals surface area contributed by atoms with E-state index in [1.54, 1.807) is 0 Å². The van der Waals surface area contributed by atoms with E-state index in [0.29, 0.717) is 30.8 Å². The van der Waals surface area contributed by atoms with Crippen LogP contribution in [0.5, 0.6) is 0 Å². The van der Waals surface area contributed by atoms with Crippen molar-refractivity contribution < 1.29 is 32.5 Å². The molecule has 0 aromatic rings. The third-order valence-electron chi connectivity index (χ3n) is 6.23. The summed E-state index contributed by atoms with van der Waals surface area (Å²) in [6.07, 6.45) is 19.4. The third-order valence-corrected chi connectivity index (χ3v) is 7.19. The quantitative estimate of drug-likeness (QED) is 0.0615. The largest absolute Gasteiger partial charge is 0.756 e. The van der Waals surface area contributed by atoms with Crippen LogP contribution in [0, 0.1) is 0 Å². The number of hydrogen-bond donors (Lipinski definition) is 0. The van der Waals surface area contributed by atoms with Crippen molar-refractivity contribution in [3.63, 3.8) is 0 Å². The third kappa shape index (κ3) is 27.0. The fraction of sp³-hybridized carbons (Fsp3) is 1.00. The summed E-state index contributed by atoms with van der Waals surface area (Å²) < 4.78 is 34.7. The maximum Gasteiger partial charge on any atom is 0.268 e. The average Bonchev–Trinajstić information content (AvgIpc) is 2.81. The molecule has 0 aliphatic rings. The number of likely N-dealkylation sites (N-methyl/N-ethyl adjacent to an activating group) is 1. The molecule has 0 aromatic carbocycles. The van der Waals surface area contributed by atoms with Gasteiger partial charge in [0.15, 0.2) is 0 Å². The molecule has 0 fully saturated rings. The lowest BCUT2D eigenvalue weighted by Crippen LogP contribution is -2.37. The van der Waals surface area contributed by atoms with Crippen LogP contribution < -0.4 is 4.89 Å². The maximum atomic E-state index is 12.2. The Morgan fingerprint density at radius 3 is 1.61 bits per heavy atom. The lowest BCUT2D eigenvalue weighted by atomic mass is 10.1. The highest BCUT2D eigenvalue weighted by molar-refractivity contribution is 7.45. The molecule has 0 heterocycles. The zero-order valence-corrected chi connectivity index (χ0v) is 25.4. The highest BCUT2D eigenvalue weighted by atomic mass is 31.2. The molecule has 2 atom stereocenters. The Morgan fingerprint density at radius 2 is 1.11 bits per heavy atom. The van der Waals surface area contributed by atoms with Crippen LogP contribution in [0.3, 0.4) is 0 Å². The summed E-state index contributed by atoms with van der Waals surface area (Å²) in [7, 11) is 1.60.